The first-order chi connectivity index (χ1) is 16.1. The summed E-state index contributed by atoms with van der Waals surface area (Å²) in [5.41, 5.74) is 3.24. The van der Waals surface area contributed by atoms with E-state index in [4.69, 9.17) is 9.47 Å². The van der Waals surface area contributed by atoms with Crippen LogP contribution in [0.25, 0.3) is 11.1 Å². The highest BCUT2D eigenvalue weighted by Gasteiger charge is 2.22. The number of halogens is 1. The molecule has 4 rings (SSSR count). The van der Waals surface area contributed by atoms with Crippen LogP contribution in [-0.4, -0.2) is 39.7 Å². The average molecular weight is 525 g/mol. The van der Waals surface area contributed by atoms with Gasteiger partial charge in [-0.25, -0.2) is 14.5 Å². The molecular weight excluding hydrogens is 504 g/mol. The molecule has 0 fully saturated rings. The van der Waals surface area contributed by atoms with Gasteiger partial charge in [0.15, 0.2) is 0 Å². The van der Waals surface area contributed by atoms with Crippen molar-refractivity contribution in [1.82, 2.24) is 20.0 Å². The average Bonchev–Trinajstić information content (AvgIpc) is 3.23. The van der Waals surface area contributed by atoms with Crippen molar-refractivity contribution in [3.05, 3.63) is 82.6 Å². The van der Waals surface area contributed by atoms with Crippen LogP contribution in [0.2, 0.25) is 0 Å². The zero-order valence-corrected chi connectivity index (χ0v) is 20.5. The molecule has 0 saturated carbocycles. The van der Waals surface area contributed by atoms with E-state index in [9.17, 15) is 4.79 Å². The maximum Gasteiger partial charge on any atom is 0.361 e. The van der Waals surface area contributed by atoms with Crippen LogP contribution in [0.15, 0.2) is 81.4 Å². The zero-order valence-electron chi connectivity index (χ0n) is 18.1. The van der Waals surface area contributed by atoms with Crippen molar-refractivity contribution < 1.29 is 14.3 Å². The monoisotopic (exact) mass is 524 g/mol. The maximum absolute atomic E-state index is 12.5. The lowest BCUT2D eigenvalue weighted by Gasteiger charge is -2.09. The van der Waals surface area contributed by atoms with E-state index in [1.54, 1.807) is 18.7 Å². The van der Waals surface area contributed by atoms with Crippen molar-refractivity contribution in [3.8, 4) is 16.9 Å². The Bertz CT molecular complexity index is 1230. The molecule has 7 nitrogen and oxygen atoms in total. The number of carbonyl (C=O) groups excluding carboxylic acids is 1. The van der Waals surface area contributed by atoms with Crippen molar-refractivity contribution in [1.29, 1.82) is 0 Å². The minimum Gasteiger partial charge on any atom is -0.497 e. The van der Waals surface area contributed by atoms with Crippen LogP contribution in [0.3, 0.4) is 0 Å². The second-order valence-corrected chi connectivity index (χ2v) is 8.89. The number of benzene rings is 2. The van der Waals surface area contributed by atoms with Crippen LogP contribution in [0.4, 0.5) is 0 Å². The Kier molecular flexibility index (Phi) is 7.41. The number of carbonyl (C=O) groups is 1. The smallest absolute Gasteiger partial charge is 0.361 e. The summed E-state index contributed by atoms with van der Waals surface area (Å²) in [7, 11) is 1.63. The third-order valence-corrected chi connectivity index (χ3v) is 6.34. The van der Waals surface area contributed by atoms with Gasteiger partial charge in [-0.15, -0.1) is 5.10 Å². The second kappa shape index (κ2) is 10.6. The van der Waals surface area contributed by atoms with Crippen molar-refractivity contribution in [2.24, 2.45) is 0 Å². The van der Waals surface area contributed by atoms with Gasteiger partial charge in [-0.1, -0.05) is 51.5 Å². The van der Waals surface area contributed by atoms with Gasteiger partial charge < -0.3 is 9.47 Å². The predicted molar refractivity (Wildman–Crippen MR) is 130 cm³/mol. The van der Waals surface area contributed by atoms with E-state index in [0.29, 0.717) is 11.6 Å². The van der Waals surface area contributed by atoms with Crippen LogP contribution in [0, 0.1) is 0 Å². The minimum absolute atomic E-state index is 0.175. The molecule has 0 N–H and O–H groups in total. The molecule has 0 aliphatic carbocycles. The number of hydrogen-bond acceptors (Lipinski definition) is 7. The van der Waals surface area contributed by atoms with Gasteiger partial charge in [0.1, 0.15) is 15.8 Å². The maximum atomic E-state index is 12.5. The van der Waals surface area contributed by atoms with E-state index in [0.717, 1.165) is 31.9 Å². The van der Waals surface area contributed by atoms with Crippen LogP contribution in [0.1, 0.15) is 23.0 Å². The number of hydrogen-bond donors (Lipinski definition) is 0. The van der Waals surface area contributed by atoms with E-state index < -0.39 is 5.97 Å². The molecule has 0 amide bonds. The number of rotatable bonds is 8. The third kappa shape index (κ3) is 5.61. The molecule has 2 aromatic carbocycles. The molecule has 168 valence electrons. The Morgan fingerprint density at radius 2 is 1.76 bits per heavy atom. The first-order valence-corrected chi connectivity index (χ1v) is 11.8. The summed E-state index contributed by atoms with van der Waals surface area (Å²) < 4.78 is 13.1. The highest BCUT2D eigenvalue weighted by atomic mass is 79.9. The van der Waals surface area contributed by atoms with E-state index in [1.165, 1.54) is 11.8 Å². The second-order valence-electron chi connectivity index (χ2n) is 6.96. The summed E-state index contributed by atoms with van der Waals surface area (Å²) in [5, 5.41) is 9.60. The molecule has 0 unspecified atom stereocenters. The zero-order chi connectivity index (χ0) is 23.2. The normalized spacial score (nSPS) is 10.8. The molecule has 2 heterocycles. The summed E-state index contributed by atoms with van der Waals surface area (Å²) in [6, 6.07) is 19.6. The minimum atomic E-state index is -0.507. The molecule has 0 aliphatic rings. The Balaban J connectivity index is 1.60. The molecule has 2 aromatic heterocycles. The predicted octanol–water partition coefficient (Wildman–Crippen LogP) is 5.49. The lowest BCUT2D eigenvalue weighted by molar-refractivity contribution is 0.0515. The lowest BCUT2D eigenvalue weighted by atomic mass is 10.1. The van der Waals surface area contributed by atoms with Crippen LogP contribution in [0.5, 0.6) is 5.75 Å². The Morgan fingerprint density at radius 3 is 2.39 bits per heavy atom. The highest BCUT2D eigenvalue weighted by molar-refractivity contribution is 9.10. The first-order valence-electron chi connectivity index (χ1n) is 10.2. The van der Waals surface area contributed by atoms with E-state index >= 15 is 0 Å². The van der Waals surface area contributed by atoms with Crippen LogP contribution in [-0.2, 0) is 11.3 Å². The number of esters is 1. The third-order valence-electron chi connectivity index (χ3n) is 4.77. The molecule has 0 aliphatic heterocycles. The molecular formula is C24H21BrN4O3S. The molecule has 0 radical (unpaired) electrons. The Morgan fingerprint density at radius 1 is 1.03 bits per heavy atom. The quantitative estimate of drug-likeness (QED) is 0.282. The van der Waals surface area contributed by atoms with Crippen molar-refractivity contribution in [2.75, 3.05) is 13.7 Å². The number of pyridine rings is 1. The molecule has 0 atom stereocenters. The molecule has 33 heavy (non-hydrogen) atoms. The Hall–Kier alpha value is -3.17. The van der Waals surface area contributed by atoms with Gasteiger partial charge in [-0.05, 0) is 60.1 Å². The van der Waals surface area contributed by atoms with Crippen LogP contribution >= 0.6 is 27.7 Å². The van der Waals surface area contributed by atoms with Gasteiger partial charge in [0.05, 0.1) is 20.3 Å². The summed E-state index contributed by atoms with van der Waals surface area (Å²) in [4.78, 5) is 17.1. The lowest BCUT2D eigenvalue weighted by Crippen LogP contribution is -2.08. The molecule has 0 saturated heterocycles. The van der Waals surface area contributed by atoms with Gasteiger partial charge in [0.2, 0.25) is 5.69 Å². The fraction of sp³-hybridized carbons (Fsp3) is 0.167. The standard InChI is InChI=1S/C24H21BrN4O3S/c1-3-32-24(30)22-23(29(28-27-22)15-16-4-11-20(31-2)12-5-16)33-21-13-8-18(14-26-21)17-6-9-19(25)10-7-17/h4-14H,3,15H2,1-2H3. The van der Waals surface area contributed by atoms with E-state index in [2.05, 4.69) is 31.2 Å². The van der Waals surface area contributed by atoms with Crippen molar-refractivity contribution >= 4 is 33.7 Å². The first kappa shape index (κ1) is 23.0. The van der Waals surface area contributed by atoms with E-state index in [-0.39, 0.29) is 12.3 Å². The number of methoxy groups -OCH3 is 1. The van der Waals surface area contributed by atoms with Crippen molar-refractivity contribution in [3.63, 3.8) is 0 Å². The van der Waals surface area contributed by atoms with Gasteiger partial charge in [0, 0.05) is 16.2 Å². The fourth-order valence-electron chi connectivity index (χ4n) is 3.09. The molecule has 0 spiro atoms. The molecule has 9 heteroatoms. The van der Waals surface area contributed by atoms with E-state index in [1.807, 2.05) is 66.9 Å². The number of ether oxygens (including phenoxy) is 2. The van der Waals surface area contributed by atoms with Gasteiger partial charge >= 0.3 is 5.97 Å². The SMILES string of the molecule is CCOC(=O)c1nnn(Cc2ccc(OC)cc2)c1Sc1ccc(-c2ccc(Br)cc2)cn1. The van der Waals surface area contributed by atoms with Crippen LogP contribution < -0.4 is 4.74 Å². The number of aromatic nitrogens is 4. The Labute approximate surface area is 204 Å². The molecule has 0 bridgehead atoms. The van der Waals surface area contributed by atoms with Crippen molar-refractivity contribution in [2.45, 2.75) is 23.5 Å². The van der Waals surface area contributed by atoms with Gasteiger partial charge in [0.25, 0.3) is 0 Å². The van der Waals surface area contributed by atoms with Gasteiger partial charge in [-0.3, -0.25) is 0 Å². The van der Waals surface area contributed by atoms with Gasteiger partial charge in [-0.2, -0.15) is 0 Å². The number of nitrogens with zero attached hydrogens (tertiary/aromatic N) is 4. The summed E-state index contributed by atoms with van der Waals surface area (Å²) in [5.74, 6) is 0.265. The summed E-state index contributed by atoms with van der Waals surface area (Å²) in [6.07, 6.45) is 1.81. The highest BCUT2D eigenvalue weighted by Crippen LogP contribution is 2.31. The largest absolute Gasteiger partial charge is 0.497 e. The fourth-order valence-corrected chi connectivity index (χ4v) is 4.22. The molecule has 4 aromatic rings. The summed E-state index contributed by atoms with van der Waals surface area (Å²) >= 11 is 4.78. The topological polar surface area (TPSA) is 79.1 Å². The summed E-state index contributed by atoms with van der Waals surface area (Å²) in [6.45, 7) is 2.46.